The quantitative estimate of drug-likeness (QED) is 0.877. The third kappa shape index (κ3) is 3.21. The fourth-order valence-corrected chi connectivity index (χ4v) is 2.63. The molecule has 0 amide bonds. The molecule has 2 nitrogen and oxygen atoms in total. The van der Waals surface area contributed by atoms with Gasteiger partial charge in [-0.15, -0.1) is 0 Å². The first-order chi connectivity index (χ1) is 8.06. The molecule has 0 spiro atoms. The molecule has 2 rings (SSSR count). The largest absolute Gasteiger partial charge is 0.327 e. The maximum Gasteiger partial charge on any atom is 0.0406 e. The van der Waals surface area contributed by atoms with E-state index in [0.717, 1.165) is 24.5 Å². The van der Waals surface area contributed by atoms with Gasteiger partial charge in [0, 0.05) is 30.2 Å². The van der Waals surface area contributed by atoms with Gasteiger partial charge in [0.15, 0.2) is 0 Å². The summed E-state index contributed by atoms with van der Waals surface area (Å²) in [6, 6.07) is 9.05. The molecule has 1 aromatic rings. The third-order valence-electron chi connectivity index (χ3n) is 3.79. The van der Waals surface area contributed by atoms with E-state index in [4.69, 9.17) is 17.3 Å². The SMILES string of the molecule is C[C@@H]1C[C@H](N)[C@@H](C)CN1Cc1ccc(Cl)cc1. The third-order valence-corrected chi connectivity index (χ3v) is 4.04. The van der Waals surface area contributed by atoms with Gasteiger partial charge < -0.3 is 5.73 Å². The maximum absolute atomic E-state index is 6.10. The lowest BCUT2D eigenvalue weighted by Crippen LogP contribution is -2.50. The molecule has 17 heavy (non-hydrogen) atoms. The Morgan fingerprint density at radius 1 is 1.29 bits per heavy atom. The van der Waals surface area contributed by atoms with Gasteiger partial charge in [-0.25, -0.2) is 0 Å². The van der Waals surface area contributed by atoms with Crippen molar-refractivity contribution in [2.24, 2.45) is 11.7 Å². The molecule has 1 aliphatic rings. The van der Waals surface area contributed by atoms with Crippen molar-refractivity contribution in [2.45, 2.75) is 38.9 Å². The van der Waals surface area contributed by atoms with E-state index in [1.54, 1.807) is 0 Å². The number of nitrogens with zero attached hydrogens (tertiary/aromatic N) is 1. The Hall–Kier alpha value is -0.570. The lowest BCUT2D eigenvalue weighted by molar-refractivity contribution is 0.102. The number of halogens is 1. The van der Waals surface area contributed by atoms with Gasteiger partial charge in [0.05, 0.1) is 0 Å². The highest BCUT2D eigenvalue weighted by molar-refractivity contribution is 6.30. The standard InChI is InChI=1S/C14H21ClN2/c1-10-8-17(11(2)7-14(10)16)9-12-3-5-13(15)6-4-12/h3-6,10-11,14H,7-9,16H2,1-2H3/t10-,11+,14-/m0/s1. The van der Waals surface area contributed by atoms with E-state index >= 15 is 0 Å². The summed E-state index contributed by atoms with van der Waals surface area (Å²) < 4.78 is 0. The predicted molar refractivity (Wildman–Crippen MR) is 73.1 cm³/mol. The van der Waals surface area contributed by atoms with Crippen LogP contribution in [0.25, 0.3) is 0 Å². The zero-order chi connectivity index (χ0) is 12.4. The summed E-state index contributed by atoms with van der Waals surface area (Å²) in [4.78, 5) is 2.51. The average Bonchev–Trinajstić information content (AvgIpc) is 2.29. The summed E-state index contributed by atoms with van der Waals surface area (Å²) in [6.45, 7) is 6.59. The van der Waals surface area contributed by atoms with E-state index in [2.05, 4.69) is 30.9 Å². The van der Waals surface area contributed by atoms with Gasteiger partial charge in [-0.1, -0.05) is 30.7 Å². The molecule has 0 unspecified atom stereocenters. The average molecular weight is 253 g/mol. The van der Waals surface area contributed by atoms with Crippen LogP contribution in [0.15, 0.2) is 24.3 Å². The normalized spacial score (nSPS) is 30.5. The molecule has 94 valence electrons. The van der Waals surface area contributed by atoms with Crippen LogP contribution in [-0.4, -0.2) is 23.5 Å². The summed E-state index contributed by atoms with van der Waals surface area (Å²) in [5.41, 5.74) is 7.42. The fourth-order valence-electron chi connectivity index (χ4n) is 2.51. The molecule has 2 N–H and O–H groups in total. The second kappa shape index (κ2) is 5.38. The van der Waals surface area contributed by atoms with Crippen LogP contribution in [0.1, 0.15) is 25.8 Å². The lowest BCUT2D eigenvalue weighted by Gasteiger charge is -2.40. The number of benzene rings is 1. The first kappa shape index (κ1) is 12.9. The minimum atomic E-state index is 0.353. The summed E-state index contributed by atoms with van der Waals surface area (Å²) in [5.74, 6) is 0.582. The van der Waals surface area contributed by atoms with Crippen LogP contribution < -0.4 is 5.73 Å². The van der Waals surface area contributed by atoms with Crippen molar-refractivity contribution in [3.8, 4) is 0 Å². The summed E-state index contributed by atoms with van der Waals surface area (Å²) in [6.07, 6.45) is 1.09. The molecule has 0 saturated carbocycles. The first-order valence-corrected chi connectivity index (χ1v) is 6.68. The van der Waals surface area contributed by atoms with Gasteiger partial charge in [-0.3, -0.25) is 4.90 Å². The molecule has 1 heterocycles. The minimum absolute atomic E-state index is 0.353. The number of nitrogens with two attached hydrogens (primary N) is 1. The van der Waals surface area contributed by atoms with Crippen LogP contribution in [0.5, 0.6) is 0 Å². The monoisotopic (exact) mass is 252 g/mol. The van der Waals surface area contributed by atoms with Gasteiger partial charge in [0.2, 0.25) is 0 Å². The fraction of sp³-hybridized carbons (Fsp3) is 0.571. The van der Waals surface area contributed by atoms with Crippen molar-refractivity contribution < 1.29 is 0 Å². The summed E-state index contributed by atoms with van der Waals surface area (Å²) in [5, 5.41) is 0.802. The first-order valence-electron chi connectivity index (χ1n) is 6.30. The number of piperidine rings is 1. The molecule has 0 aromatic heterocycles. The molecule has 0 aliphatic carbocycles. The molecule has 3 atom stereocenters. The zero-order valence-corrected chi connectivity index (χ0v) is 11.3. The second-order valence-electron chi connectivity index (χ2n) is 5.28. The second-order valence-corrected chi connectivity index (χ2v) is 5.72. The van der Waals surface area contributed by atoms with E-state index < -0.39 is 0 Å². The van der Waals surface area contributed by atoms with Gasteiger partial charge in [-0.05, 0) is 37.0 Å². The maximum atomic E-state index is 6.10. The van der Waals surface area contributed by atoms with Crippen LogP contribution in [0.3, 0.4) is 0 Å². The van der Waals surface area contributed by atoms with Gasteiger partial charge in [0.25, 0.3) is 0 Å². The van der Waals surface area contributed by atoms with Crippen molar-refractivity contribution >= 4 is 11.6 Å². The van der Waals surface area contributed by atoms with E-state index in [0.29, 0.717) is 18.0 Å². The molecule has 3 heteroatoms. The molecular weight excluding hydrogens is 232 g/mol. The molecule has 1 saturated heterocycles. The van der Waals surface area contributed by atoms with Crippen LogP contribution in [0.2, 0.25) is 5.02 Å². The van der Waals surface area contributed by atoms with Crippen molar-refractivity contribution in [1.82, 2.24) is 4.90 Å². The molecule has 1 aliphatic heterocycles. The van der Waals surface area contributed by atoms with Gasteiger partial charge in [0.1, 0.15) is 0 Å². The van der Waals surface area contributed by atoms with E-state index in [1.165, 1.54) is 5.56 Å². The number of likely N-dealkylation sites (tertiary alicyclic amines) is 1. The lowest BCUT2D eigenvalue weighted by atomic mass is 9.90. The van der Waals surface area contributed by atoms with E-state index in [1.807, 2.05) is 12.1 Å². The minimum Gasteiger partial charge on any atom is -0.327 e. The van der Waals surface area contributed by atoms with Crippen LogP contribution in [0, 0.1) is 5.92 Å². The van der Waals surface area contributed by atoms with Crippen LogP contribution >= 0.6 is 11.6 Å². The molecular formula is C14H21ClN2. The summed E-state index contributed by atoms with van der Waals surface area (Å²) in [7, 11) is 0. The van der Waals surface area contributed by atoms with Crippen molar-refractivity contribution in [3.05, 3.63) is 34.9 Å². The number of hydrogen-bond acceptors (Lipinski definition) is 2. The molecule has 0 radical (unpaired) electrons. The Morgan fingerprint density at radius 2 is 1.94 bits per heavy atom. The van der Waals surface area contributed by atoms with Crippen molar-refractivity contribution in [2.75, 3.05) is 6.54 Å². The topological polar surface area (TPSA) is 29.3 Å². The molecule has 1 aromatic carbocycles. The van der Waals surface area contributed by atoms with E-state index in [-0.39, 0.29) is 0 Å². The van der Waals surface area contributed by atoms with Gasteiger partial charge in [-0.2, -0.15) is 0 Å². The van der Waals surface area contributed by atoms with Crippen molar-refractivity contribution in [3.63, 3.8) is 0 Å². The molecule has 1 fully saturated rings. The highest BCUT2D eigenvalue weighted by atomic mass is 35.5. The Bertz CT molecular complexity index is 363. The number of rotatable bonds is 2. The highest BCUT2D eigenvalue weighted by Crippen LogP contribution is 2.23. The Balaban J connectivity index is 2.00. The Morgan fingerprint density at radius 3 is 2.59 bits per heavy atom. The van der Waals surface area contributed by atoms with Crippen LogP contribution in [-0.2, 0) is 6.54 Å². The Labute approximate surface area is 109 Å². The predicted octanol–water partition coefficient (Wildman–Crippen LogP) is 2.90. The summed E-state index contributed by atoms with van der Waals surface area (Å²) >= 11 is 5.90. The number of hydrogen-bond donors (Lipinski definition) is 1. The highest BCUT2D eigenvalue weighted by Gasteiger charge is 2.28. The zero-order valence-electron chi connectivity index (χ0n) is 10.6. The van der Waals surface area contributed by atoms with E-state index in [9.17, 15) is 0 Å². The Kier molecular flexibility index (Phi) is 4.08. The molecule has 0 bridgehead atoms. The van der Waals surface area contributed by atoms with Gasteiger partial charge >= 0.3 is 0 Å². The van der Waals surface area contributed by atoms with Crippen LogP contribution in [0.4, 0.5) is 0 Å². The van der Waals surface area contributed by atoms with Crippen molar-refractivity contribution in [1.29, 1.82) is 0 Å². The smallest absolute Gasteiger partial charge is 0.0406 e.